The molecule has 1 aliphatic heterocycles. The molecule has 17 heavy (non-hydrogen) atoms. The molecule has 1 fully saturated rings. The Morgan fingerprint density at radius 2 is 2.35 bits per heavy atom. The largest absolute Gasteiger partial charge is 0.311 e. The number of piperazine rings is 1. The SMILES string of the molecule is CC(CN1CCNC(C(C)C)C1)c1nccs1. The molecular weight excluding hydrogens is 230 g/mol. The molecule has 2 atom stereocenters. The molecule has 0 spiro atoms. The second-order valence-electron chi connectivity index (χ2n) is 5.34. The summed E-state index contributed by atoms with van der Waals surface area (Å²) >= 11 is 1.77. The standard InChI is InChI=1S/C13H23N3S/c1-10(2)12-9-16(6-4-14-12)8-11(3)13-15-5-7-17-13/h5,7,10-12,14H,4,6,8-9H2,1-3H3. The van der Waals surface area contributed by atoms with E-state index in [2.05, 4.69) is 41.4 Å². The number of rotatable bonds is 4. The molecule has 2 rings (SSSR count). The lowest BCUT2D eigenvalue weighted by molar-refractivity contribution is 0.169. The summed E-state index contributed by atoms with van der Waals surface area (Å²) in [4.78, 5) is 6.99. The number of hydrogen-bond acceptors (Lipinski definition) is 4. The Morgan fingerprint density at radius 3 is 3.00 bits per heavy atom. The highest BCUT2D eigenvalue weighted by Gasteiger charge is 2.23. The fourth-order valence-corrected chi connectivity index (χ4v) is 3.09. The summed E-state index contributed by atoms with van der Waals surface area (Å²) in [5, 5.41) is 6.94. The Kier molecular flexibility index (Phi) is 4.54. The van der Waals surface area contributed by atoms with Crippen LogP contribution in [0, 0.1) is 5.92 Å². The lowest BCUT2D eigenvalue weighted by atomic mass is 10.0. The van der Waals surface area contributed by atoms with E-state index in [4.69, 9.17) is 0 Å². The van der Waals surface area contributed by atoms with Crippen LogP contribution in [0.25, 0.3) is 0 Å². The van der Waals surface area contributed by atoms with Crippen molar-refractivity contribution in [3.05, 3.63) is 16.6 Å². The van der Waals surface area contributed by atoms with Gasteiger partial charge in [0.05, 0.1) is 5.01 Å². The van der Waals surface area contributed by atoms with Crippen LogP contribution in [0.3, 0.4) is 0 Å². The maximum absolute atomic E-state index is 4.41. The second-order valence-corrected chi connectivity index (χ2v) is 6.26. The number of hydrogen-bond donors (Lipinski definition) is 1. The summed E-state index contributed by atoms with van der Waals surface area (Å²) in [6.45, 7) is 11.5. The first kappa shape index (κ1) is 13.0. The van der Waals surface area contributed by atoms with Crippen molar-refractivity contribution >= 4 is 11.3 Å². The minimum atomic E-state index is 0.556. The number of nitrogens with zero attached hydrogens (tertiary/aromatic N) is 2. The van der Waals surface area contributed by atoms with Crippen LogP contribution in [0.5, 0.6) is 0 Å². The number of thiazole rings is 1. The van der Waals surface area contributed by atoms with Crippen LogP contribution in [-0.4, -0.2) is 42.1 Å². The van der Waals surface area contributed by atoms with Crippen molar-refractivity contribution in [3.8, 4) is 0 Å². The third-order valence-corrected chi connectivity index (χ3v) is 4.51. The highest BCUT2D eigenvalue weighted by atomic mass is 32.1. The van der Waals surface area contributed by atoms with Crippen molar-refractivity contribution in [2.75, 3.05) is 26.2 Å². The van der Waals surface area contributed by atoms with Crippen LogP contribution in [0.2, 0.25) is 0 Å². The average Bonchev–Trinajstić information content (AvgIpc) is 2.82. The average molecular weight is 253 g/mol. The van der Waals surface area contributed by atoms with Gasteiger partial charge in [0.2, 0.25) is 0 Å². The molecule has 0 bridgehead atoms. The summed E-state index contributed by atoms with van der Waals surface area (Å²) in [6, 6.07) is 0.646. The third-order valence-electron chi connectivity index (χ3n) is 3.50. The van der Waals surface area contributed by atoms with E-state index in [1.54, 1.807) is 11.3 Å². The molecule has 1 aromatic rings. The normalized spacial score (nSPS) is 24.1. The van der Waals surface area contributed by atoms with E-state index < -0.39 is 0 Å². The van der Waals surface area contributed by atoms with Gasteiger partial charge in [-0.25, -0.2) is 4.98 Å². The zero-order valence-corrected chi connectivity index (χ0v) is 11.8. The minimum absolute atomic E-state index is 0.556. The molecule has 1 saturated heterocycles. The monoisotopic (exact) mass is 253 g/mol. The lowest BCUT2D eigenvalue weighted by Gasteiger charge is -2.36. The van der Waals surface area contributed by atoms with E-state index in [0.29, 0.717) is 17.9 Å². The van der Waals surface area contributed by atoms with E-state index in [-0.39, 0.29) is 0 Å². The van der Waals surface area contributed by atoms with Gasteiger partial charge in [-0.15, -0.1) is 11.3 Å². The molecule has 0 radical (unpaired) electrons. The Morgan fingerprint density at radius 1 is 1.53 bits per heavy atom. The van der Waals surface area contributed by atoms with Crippen LogP contribution in [0.15, 0.2) is 11.6 Å². The van der Waals surface area contributed by atoms with E-state index >= 15 is 0 Å². The molecule has 1 aromatic heterocycles. The molecule has 3 nitrogen and oxygen atoms in total. The van der Waals surface area contributed by atoms with Gasteiger partial charge >= 0.3 is 0 Å². The predicted octanol–water partition coefficient (Wildman–Crippen LogP) is 2.18. The van der Waals surface area contributed by atoms with Gasteiger partial charge in [-0.3, -0.25) is 4.90 Å². The molecule has 0 aromatic carbocycles. The van der Waals surface area contributed by atoms with E-state index in [9.17, 15) is 0 Å². The van der Waals surface area contributed by atoms with Crippen LogP contribution in [0.1, 0.15) is 31.7 Å². The van der Waals surface area contributed by atoms with Crippen molar-refractivity contribution < 1.29 is 0 Å². The first-order valence-electron chi connectivity index (χ1n) is 6.52. The first-order valence-corrected chi connectivity index (χ1v) is 7.40. The molecule has 4 heteroatoms. The highest BCUT2D eigenvalue weighted by molar-refractivity contribution is 7.09. The van der Waals surface area contributed by atoms with Crippen LogP contribution >= 0.6 is 11.3 Å². The van der Waals surface area contributed by atoms with E-state index in [0.717, 1.165) is 13.1 Å². The van der Waals surface area contributed by atoms with Gasteiger partial charge < -0.3 is 5.32 Å². The van der Waals surface area contributed by atoms with Crippen LogP contribution in [0.4, 0.5) is 0 Å². The minimum Gasteiger partial charge on any atom is -0.311 e. The highest BCUT2D eigenvalue weighted by Crippen LogP contribution is 2.20. The van der Waals surface area contributed by atoms with Crippen molar-refractivity contribution in [1.29, 1.82) is 0 Å². The van der Waals surface area contributed by atoms with Crippen LogP contribution < -0.4 is 5.32 Å². The first-order chi connectivity index (χ1) is 8.16. The van der Waals surface area contributed by atoms with Gasteiger partial charge in [-0.2, -0.15) is 0 Å². The van der Waals surface area contributed by atoms with Gasteiger partial charge in [0, 0.05) is 49.7 Å². The van der Waals surface area contributed by atoms with Crippen molar-refractivity contribution in [2.24, 2.45) is 5.92 Å². The Labute approximate surface area is 108 Å². The smallest absolute Gasteiger partial charge is 0.0965 e. The Bertz CT molecular complexity index is 323. The summed E-state index contributed by atoms with van der Waals surface area (Å²) in [6.07, 6.45) is 1.91. The third kappa shape index (κ3) is 3.50. The van der Waals surface area contributed by atoms with Gasteiger partial charge in [0.1, 0.15) is 0 Å². The molecule has 0 aliphatic carbocycles. The molecule has 0 saturated carbocycles. The maximum atomic E-state index is 4.41. The summed E-state index contributed by atoms with van der Waals surface area (Å²) < 4.78 is 0. The Hall–Kier alpha value is -0.450. The van der Waals surface area contributed by atoms with Crippen LogP contribution in [-0.2, 0) is 0 Å². The summed E-state index contributed by atoms with van der Waals surface area (Å²) in [5.41, 5.74) is 0. The van der Waals surface area contributed by atoms with Crippen molar-refractivity contribution in [3.63, 3.8) is 0 Å². The maximum Gasteiger partial charge on any atom is 0.0965 e. The number of nitrogens with one attached hydrogen (secondary N) is 1. The second kappa shape index (κ2) is 5.94. The van der Waals surface area contributed by atoms with Gasteiger partial charge in [-0.05, 0) is 5.92 Å². The number of aromatic nitrogens is 1. The summed E-state index contributed by atoms with van der Waals surface area (Å²) in [5.74, 6) is 1.27. The van der Waals surface area contributed by atoms with E-state index in [1.807, 2.05) is 6.20 Å². The quantitative estimate of drug-likeness (QED) is 0.891. The Balaban J connectivity index is 1.86. The fraction of sp³-hybridized carbons (Fsp3) is 0.769. The summed E-state index contributed by atoms with van der Waals surface area (Å²) in [7, 11) is 0. The molecule has 0 amide bonds. The fourth-order valence-electron chi connectivity index (χ4n) is 2.40. The van der Waals surface area contributed by atoms with Gasteiger partial charge in [0.15, 0.2) is 0 Å². The van der Waals surface area contributed by atoms with Crippen molar-refractivity contribution in [2.45, 2.75) is 32.7 Å². The molecular formula is C13H23N3S. The van der Waals surface area contributed by atoms with Crippen molar-refractivity contribution in [1.82, 2.24) is 15.2 Å². The van der Waals surface area contributed by atoms with E-state index in [1.165, 1.54) is 18.1 Å². The molecule has 2 heterocycles. The molecule has 1 N–H and O–H groups in total. The molecule has 2 unspecified atom stereocenters. The zero-order valence-electron chi connectivity index (χ0n) is 11.0. The van der Waals surface area contributed by atoms with Gasteiger partial charge in [0.25, 0.3) is 0 Å². The zero-order chi connectivity index (χ0) is 12.3. The van der Waals surface area contributed by atoms with Gasteiger partial charge in [-0.1, -0.05) is 20.8 Å². The topological polar surface area (TPSA) is 28.2 Å². The predicted molar refractivity (Wildman–Crippen MR) is 73.6 cm³/mol. The molecule has 96 valence electrons. The molecule has 1 aliphatic rings. The lowest BCUT2D eigenvalue weighted by Crippen LogP contribution is -2.53.